The van der Waals surface area contributed by atoms with Crippen LogP contribution < -0.4 is 5.73 Å². The monoisotopic (exact) mass is 237 g/mol. The van der Waals surface area contributed by atoms with E-state index in [0.717, 1.165) is 18.7 Å². The lowest BCUT2D eigenvalue weighted by molar-refractivity contribution is 0.528. The lowest BCUT2D eigenvalue weighted by Crippen LogP contribution is -2.11. The van der Waals surface area contributed by atoms with Crippen LogP contribution in [0.3, 0.4) is 0 Å². The minimum Gasteiger partial charge on any atom is -0.324 e. The molecule has 1 atom stereocenters. The molecule has 0 saturated carbocycles. The van der Waals surface area contributed by atoms with Crippen molar-refractivity contribution in [1.29, 1.82) is 0 Å². The van der Waals surface area contributed by atoms with Gasteiger partial charge in [-0.2, -0.15) is 5.10 Å². The van der Waals surface area contributed by atoms with E-state index in [1.54, 1.807) is 0 Å². The van der Waals surface area contributed by atoms with Crippen molar-refractivity contribution in [3.63, 3.8) is 0 Å². The van der Waals surface area contributed by atoms with E-state index in [2.05, 4.69) is 37.5 Å². The van der Waals surface area contributed by atoms with Gasteiger partial charge in [-0.15, -0.1) is 0 Å². The number of nitrogens with zero attached hydrogens (tertiary/aromatic N) is 2. The number of hydrogen-bond acceptors (Lipinski definition) is 2. The Morgan fingerprint density at radius 2 is 1.88 bits per heavy atom. The summed E-state index contributed by atoms with van der Waals surface area (Å²) < 4.78 is 2.13. The lowest BCUT2D eigenvalue weighted by atomic mass is 10.0. The molecule has 1 aromatic heterocycles. The third-order valence-corrected chi connectivity index (χ3v) is 3.47. The van der Waals surface area contributed by atoms with Crippen LogP contribution >= 0.6 is 0 Å². The first-order valence-corrected chi connectivity index (χ1v) is 6.91. The van der Waals surface area contributed by atoms with Crippen molar-refractivity contribution in [2.24, 2.45) is 5.73 Å². The van der Waals surface area contributed by atoms with Crippen LogP contribution in [-0.4, -0.2) is 9.78 Å². The molecule has 1 aromatic rings. The molecule has 1 unspecified atom stereocenters. The van der Waals surface area contributed by atoms with Crippen LogP contribution in [0, 0.1) is 13.8 Å². The van der Waals surface area contributed by atoms with Gasteiger partial charge in [-0.1, -0.05) is 33.1 Å². The van der Waals surface area contributed by atoms with E-state index in [0.29, 0.717) is 0 Å². The topological polar surface area (TPSA) is 43.8 Å². The van der Waals surface area contributed by atoms with Crippen LogP contribution in [0.1, 0.15) is 68.9 Å². The zero-order valence-corrected chi connectivity index (χ0v) is 11.8. The highest BCUT2D eigenvalue weighted by molar-refractivity contribution is 5.27. The maximum absolute atomic E-state index is 6.13. The van der Waals surface area contributed by atoms with Crippen LogP contribution in [0.15, 0.2) is 0 Å². The van der Waals surface area contributed by atoms with Gasteiger partial charge in [-0.05, 0) is 26.7 Å². The predicted molar refractivity (Wildman–Crippen MR) is 73.1 cm³/mol. The summed E-state index contributed by atoms with van der Waals surface area (Å²) in [4.78, 5) is 0. The molecule has 0 fully saturated rings. The molecule has 0 aliphatic carbocycles. The minimum atomic E-state index is 0.138. The van der Waals surface area contributed by atoms with Crippen LogP contribution in [0.2, 0.25) is 0 Å². The number of unbranched alkanes of at least 4 members (excludes halogenated alkanes) is 3. The van der Waals surface area contributed by atoms with Gasteiger partial charge in [-0.25, -0.2) is 0 Å². The summed E-state index contributed by atoms with van der Waals surface area (Å²) in [5.74, 6) is 0. The van der Waals surface area contributed by atoms with Crippen LogP contribution in [0.5, 0.6) is 0 Å². The molecule has 0 amide bonds. The van der Waals surface area contributed by atoms with Crippen LogP contribution in [0.25, 0.3) is 0 Å². The second-order valence-electron chi connectivity index (χ2n) is 4.88. The number of rotatable bonds is 7. The van der Waals surface area contributed by atoms with E-state index in [4.69, 9.17) is 5.73 Å². The standard InChI is InChI=1S/C14H27N3/c1-5-7-8-9-10-17-12(4)14(11(3)16-17)13(15)6-2/h13H,5-10,15H2,1-4H3. The Morgan fingerprint density at radius 3 is 2.47 bits per heavy atom. The Balaban J connectivity index is 2.68. The van der Waals surface area contributed by atoms with Gasteiger partial charge < -0.3 is 5.73 Å². The van der Waals surface area contributed by atoms with E-state index >= 15 is 0 Å². The van der Waals surface area contributed by atoms with E-state index in [1.807, 2.05) is 0 Å². The summed E-state index contributed by atoms with van der Waals surface area (Å²) >= 11 is 0. The highest BCUT2D eigenvalue weighted by Crippen LogP contribution is 2.22. The molecular formula is C14H27N3. The second kappa shape index (κ2) is 6.80. The highest BCUT2D eigenvalue weighted by atomic mass is 15.3. The molecule has 0 spiro atoms. The summed E-state index contributed by atoms with van der Waals surface area (Å²) in [7, 11) is 0. The van der Waals surface area contributed by atoms with E-state index < -0.39 is 0 Å². The largest absolute Gasteiger partial charge is 0.324 e. The molecule has 0 aliphatic heterocycles. The summed E-state index contributed by atoms with van der Waals surface area (Å²) in [6, 6.07) is 0.138. The Kier molecular flexibility index (Phi) is 5.69. The van der Waals surface area contributed by atoms with Gasteiger partial charge in [0.25, 0.3) is 0 Å². The van der Waals surface area contributed by atoms with Gasteiger partial charge in [0.15, 0.2) is 0 Å². The van der Waals surface area contributed by atoms with Gasteiger partial charge in [0, 0.05) is 23.8 Å². The Labute approximate surface area is 105 Å². The fourth-order valence-corrected chi connectivity index (χ4v) is 2.36. The van der Waals surface area contributed by atoms with Gasteiger partial charge in [0.1, 0.15) is 0 Å². The number of aromatic nitrogens is 2. The average molecular weight is 237 g/mol. The summed E-state index contributed by atoms with van der Waals surface area (Å²) in [6.07, 6.45) is 6.09. The minimum absolute atomic E-state index is 0.138. The Morgan fingerprint density at radius 1 is 1.18 bits per heavy atom. The predicted octanol–water partition coefficient (Wildman–Crippen LogP) is 3.49. The molecule has 2 N–H and O–H groups in total. The maximum atomic E-state index is 6.13. The van der Waals surface area contributed by atoms with Crippen molar-refractivity contribution in [2.45, 2.75) is 72.4 Å². The molecule has 0 bridgehead atoms. The molecule has 98 valence electrons. The third-order valence-electron chi connectivity index (χ3n) is 3.47. The Bertz CT molecular complexity index is 341. The second-order valence-corrected chi connectivity index (χ2v) is 4.88. The summed E-state index contributed by atoms with van der Waals surface area (Å²) in [5, 5.41) is 4.61. The SMILES string of the molecule is CCCCCCn1nc(C)c(C(N)CC)c1C. The average Bonchev–Trinajstić information content (AvgIpc) is 2.59. The first-order chi connectivity index (χ1) is 8.11. The first kappa shape index (κ1) is 14.2. The van der Waals surface area contributed by atoms with E-state index in [-0.39, 0.29) is 6.04 Å². The zero-order valence-electron chi connectivity index (χ0n) is 11.8. The molecular weight excluding hydrogens is 210 g/mol. The molecule has 0 aliphatic rings. The van der Waals surface area contributed by atoms with E-state index in [1.165, 1.54) is 36.9 Å². The van der Waals surface area contributed by atoms with Crippen molar-refractivity contribution in [3.8, 4) is 0 Å². The van der Waals surface area contributed by atoms with Crippen molar-refractivity contribution in [3.05, 3.63) is 17.0 Å². The van der Waals surface area contributed by atoms with Crippen LogP contribution in [0.4, 0.5) is 0 Å². The summed E-state index contributed by atoms with van der Waals surface area (Å²) in [5.41, 5.74) is 9.75. The van der Waals surface area contributed by atoms with Gasteiger partial charge in [0.05, 0.1) is 5.69 Å². The smallest absolute Gasteiger partial charge is 0.0644 e. The normalized spacial score (nSPS) is 13.0. The van der Waals surface area contributed by atoms with E-state index in [9.17, 15) is 0 Å². The van der Waals surface area contributed by atoms with Crippen molar-refractivity contribution in [1.82, 2.24) is 9.78 Å². The van der Waals surface area contributed by atoms with Gasteiger partial charge in [0.2, 0.25) is 0 Å². The molecule has 0 aromatic carbocycles. The lowest BCUT2D eigenvalue weighted by Gasteiger charge is -2.10. The highest BCUT2D eigenvalue weighted by Gasteiger charge is 2.16. The zero-order chi connectivity index (χ0) is 12.8. The van der Waals surface area contributed by atoms with Gasteiger partial charge in [-0.3, -0.25) is 4.68 Å². The molecule has 0 radical (unpaired) electrons. The van der Waals surface area contributed by atoms with Crippen molar-refractivity contribution < 1.29 is 0 Å². The van der Waals surface area contributed by atoms with Crippen molar-refractivity contribution in [2.75, 3.05) is 0 Å². The Hall–Kier alpha value is -0.830. The van der Waals surface area contributed by atoms with Crippen molar-refractivity contribution >= 4 is 0 Å². The summed E-state index contributed by atoms with van der Waals surface area (Å²) in [6.45, 7) is 9.61. The quantitative estimate of drug-likeness (QED) is 0.738. The molecule has 1 heterocycles. The first-order valence-electron chi connectivity index (χ1n) is 6.91. The molecule has 3 heteroatoms. The molecule has 3 nitrogen and oxygen atoms in total. The molecule has 0 saturated heterocycles. The van der Waals surface area contributed by atoms with Crippen LogP contribution in [-0.2, 0) is 6.54 Å². The maximum Gasteiger partial charge on any atom is 0.0644 e. The fourth-order valence-electron chi connectivity index (χ4n) is 2.36. The number of nitrogens with two attached hydrogens (primary N) is 1. The molecule has 17 heavy (non-hydrogen) atoms. The van der Waals surface area contributed by atoms with Gasteiger partial charge >= 0.3 is 0 Å². The number of hydrogen-bond donors (Lipinski definition) is 1. The molecule has 1 rings (SSSR count). The number of aryl methyl sites for hydroxylation is 2. The fraction of sp³-hybridized carbons (Fsp3) is 0.786. The third kappa shape index (κ3) is 3.56.